The van der Waals surface area contributed by atoms with Crippen molar-refractivity contribution in [2.24, 2.45) is 0 Å². The Hall–Kier alpha value is -1.89. The van der Waals surface area contributed by atoms with Crippen molar-refractivity contribution in [1.29, 1.82) is 0 Å². The molecule has 0 aliphatic carbocycles. The van der Waals surface area contributed by atoms with Crippen LogP contribution in [0.15, 0.2) is 54.5 Å². The van der Waals surface area contributed by atoms with Gasteiger partial charge in [0.2, 0.25) is 0 Å². The number of pyridine rings is 1. The second-order valence-electron chi connectivity index (χ2n) is 2.77. The molecule has 0 amide bonds. The molecule has 66 valence electrons. The average Bonchev–Trinajstić information content (AvgIpc) is 2.52. The second-order valence-corrected chi connectivity index (χ2v) is 2.77. The van der Waals surface area contributed by atoms with E-state index in [2.05, 4.69) is 4.98 Å². The number of nitrogens with zero attached hydrogens (tertiary/aromatic N) is 1. The topological polar surface area (TPSA) is 12.9 Å². The van der Waals surface area contributed by atoms with Crippen molar-refractivity contribution in [3.63, 3.8) is 0 Å². The summed E-state index contributed by atoms with van der Waals surface area (Å²) in [5.41, 5.74) is -0.0106. The van der Waals surface area contributed by atoms with Crippen molar-refractivity contribution in [2.75, 3.05) is 0 Å². The maximum Gasteiger partial charge on any atom is 0.0708 e. The predicted molar refractivity (Wildman–Crippen MR) is 59.2 cm³/mol. The van der Waals surface area contributed by atoms with E-state index < -0.39 is 24.2 Å². The van der Waals surface area contributed by atoms with Crippen molar-refractivity contribution in [2.45, 2.75) is 0 Å². The number of benzene rings is 2. The van der Waals surface area contributed by atoms with Crippen molar-refractivity contribution < 1.29 is 11.0 Å². The summed E-state index contributed by atoms with van der Waals surface area (Å²) >= 11 is 0. The monoisotopic (exact) mass is 187 g/mol. The Bertz CT molecular complexity index is 888. The molecule has 0 fully saturated rings. The molecule has 0 bridgehead atoms. The molecule has 0 aliphatic rings. The van der Waals surface area contributed by atoms with Crippen molar-refractivity contribution in [3.8, 4) is 0 Å². The van der Waals surface area contributed by atoms with Gasteiger partial charge in [-0.1, -0.05) is 42.3 Å². The number of fused-ring (bicyclic) bond motifs is 3. The summed E-state index contributed by atoms with van der Waals surface area (Å²) in [6.45, 7) is 0. The van der Waals surface area contributed by atoms with Gasteiger partial charge in [0.1, 0.15) is 0 Å². The number of hydrogen-bond acceptors (Lipinski definition) is 1. The summed E-state index contributed by atoms with van der Waals surface area (Å²) in [5, 5.41) is 0.196. The highest BCUT2D eigenvalue weighted by Gasteiger charge is 1.98. The van der Waals surface area contributed by atoms with Crippen LogP contribution >= 0.6 is 0 Å². The highest BCUT2D eigenvalue weighted by atomic mass is 14.6. The molecule has 0 saturated heterocycles. The fourth-order valence-electron chi connectivity index (χ4n) is 1.33. The van der Waals surface area contributed by atoms with Crippen LogP contribution in [0.1, 0.15) is 11.0 Å². The van der Waals surface area contributed by atoms with Crippen molar-refractivity contribution in [1.82, 2.24) is 4.98 Å². The first kappa shape index (κ1) is 3.06. The van der Waals surface area contributed by atoms with Gasteiger partial charge in [0.15, 0.2) is 0 Å². The zero-order valence-corrected chi connectivity index (χ0v) is 7.02. The highest BCUT2D eigenvalue weighted by molar-refractivity contribution is 6.05. The third-order valence-electron chi connectivity index (χ3n) is 1.96. The first-order chi connectivity index (χ1) is 10.3. The standard InChI is InChI=1S/C13H9N/c1-2-6-11-10(5-1)9-14-13-8-4-3-7-12(11)13/h1-9H/i1D,2D,3D,4D,5D,6D,7D,8D. The van der Waals surface area contributed by atoms with Crippen LogP contribution in [0.2, 0.25) is 0 Å². The van der Waals surface area contributed by atoms with E-state index in [0.29, 0.717) is 0 Å². The van der Waals surface area contributed by atoms with Crippen LogP contribution in [0.5, 0.6) is 0 Å². The average molecular weight is 187 g/mol. The predicted octanol–water partition coefficient (Wildman–Crippen LogP) is 3.39. The Morgan fingerprint density at radius 3 is 2.50 bits per heavy atom. The van der Waals surface area contributed by atoms with Gasteiger partial charge in [0, 0.05) is 17.0 Å². The number of para-hydroxylation sites is 1. The molecule has 0 spiro atoms. The first-order valence-corrected chi connectivity index (χ1v) is 4.02. The fraction of sp³-hybridized carbons (Fsp3) is 0. The van der Waals surface area contributed by atoms with Gasteiger partial charge in [-0.15, -0.1) is 0 Å². The number of rotatable bonds is 0. The SMILES string of the molecule is [2H]c1c([2H])c([2H])c2c(cnc3c([2H])c([2H])c([2H])c([2H])c32)c1[2H]. The van der Waals surface area contributed by atoms with E-state index in [1.54, 1.807) is 0 Å². The van der Waals surface area contributed by atoms with Crippen LogP contribution in [-0.2, 0) is 0 Å². The fourth-order valence-corrected chi connectivity index (χ4v) is 1.33. The summed E-state index contributed by atoms with van der Waals surface area (Å²) < 4.78 is 62.7. The maximum absolute atomic E-state index is 8.03. The molecule has 0 saturated carbocycles. The Morgan fingerprint density at radius 2 is 1.57 bits per heavy atom. The summed E-state index contributed by atoms with van der Waals surface area (Å²) in [7, 11) is 0. The molecule has 3 rings (SSSR count). The second kappa shape index (κ2) is 2.81. The third-order valence-corrected chi connectivity index (χ3v) is 1.96. The normalized spacial score (nSPS) is 18.9. The molecule has 1 heteroatoms. The molecule has 0 atom stereocenters. The van der Waals surface area contributed by atoms with Gasteiger partial charge in [-0.05, 0) is 11.4 Å². The highest BCUT2D eigenvalue weighted by Crippen LogP contribution is 2.22. The van der Waals surface area contributed by atoms with Crippen LogP contribution in [0.3, 0.4) is 0 Å². The lowest BCUT2D eigenvalue weighted by molar-refractivity contribution is 1.44. The minimum Gasteiger partial charge on any atom is -0.256 e. The van der Waals surface area contributed by atoms with Gasteiger partial charge in [-0.25, -0.2) is 0 Å². The minimum atomic E-state index is -0.459. The summed E-state index contributed by atoms with van der Waals surface area (Å²) in [4.78, 5) is 3.99. The summed E-state index contributed by atoms with van der Waals surface area (Å²) in [6.07, 6.45) is 1.22. The molecule has 0 aliphatic heterocycles. The zero-order valence-electron chi connectivity index (χ0n) is 15.0. The van der Waals surface area contributed by atoms with E-state index in [0.717, 1.165) is 0 Å². The molecule has 1 nitrogen and oxygen atoms in total. The van der Waals surface area contributed by atoms with Gasteiger partial charge in [0.05, 0.1) is 16.5 Å². The van der Waals surface area contributed by atoms with E-state index in [4.69, 9.17) is 11.0 Å². The third kappa shape index (κ3) is 0.990. The lowest BCUT2D eigenvalue weighted by atomic mass is 10.1. The smallest absolute Gasteiger partial charge is 0.0708 e. The Kier molecular flexibility index (Phi) is 0.613. The summed E-state index contributed by atoms with van der Waals surface area (Å²) in [6, 6.07) is -3.04. The van der Waals surface area contributed by atoms with E-state index in [1.807, 2.05) is 0 Å². The van der Waals surface area contributed by atoms with Gasteiger partial charge >= 0.3 is 0 Å². The lowest BCUT2D eigenvalue weighted by Crippen LogP contribution is -1.80. The van der Waals surface area contributed by atoms with Crippen LogP contribution < -0.4 is 0 Å². The first-order valence-electron chi connectivity index (χ1n) is 8.02. The zero-order chi connectivity index (χ0) is 16.3. The van der Waals surface area contributed by atoms with Crippen LogP contribution in [0, 0.1) is 0 Å². The largest absolute Gasteiger partial charge is 0.256 e. The van der Waals surface area contributed by atoms with Crippen molar-refractivity contribution >= 4 is 21.7 Å². The minimum absolute atomic E-state index is 0.00972. The van der Waals surface area contributed by atoms with E-state index in [1.165, 1.54) is 6.20 Å². The quantitative estimate of drug-likeness (QED) is 0.492. The Balaban J connectivity index is 2.74. The van der Waals surface area contributed by atoms with E-state index in [-0.39, 0.29) is 45.8 Å². The molecule has 1 aromatic heterocycles. The molecule has 14 heavy (non-hydrogen) atoms. The molecule has 1 heterocycles. The van der Waals surface area contributed by atoms with Crippen LogP contribution in [0.4, 0.5) is 0 Å². The number of aromatic nitrogens is 1. The molecule has 3 aromatic rings. The molecule has 2 aromatic carbocycles. The van der Waals surface area contributed by atoms with Crippen LogP contribution in [-0.4, -0.2) is 4.98 Å². The summed E-state index contributed by atoms with van der Waals surface area (Å²) in [5.74, 6) is 0. The Morgan fingerprint density at radius 1 is 0.857 bits per heavy atom. The van der Waals surface area contributed by atoms with Crippen molar-refractivity contribution in [3.05, 3.63) is 54.5 Å². The molecule has 0 radical (unpaired) electrons. The van der Waals surface area contributed by atoms with Crippen LogP contribution in [0.25, 0.3) is 21.7 Å². The Labute approximate surface area is 93.3 Å². The van der Waals surface area contributed by atoms with E-state index in [9.17, 15) is 0 Å². The lowest BCUT2D eigenvalue weighted by Gasteiger charge is -2.01. The maximum atomic E-state index is 8.03. The van der Waals surface area contributed by atoms with Gasteiger partial charge in [-0.3, -0.25) is 4.98 Å². The van der Waals surface area contributed by atoms with E-state index >= 15 is 0 Å². The van der Waals surface area contributed by atoms with Gasteiger partial charge in [0.25, 0.3) is 0 Å². The van der Waals surface area contributed by atoms with Gasteiger partial charge in [-0.2, -0.15) is 0 Å². The number of hydrogen-bond donors (Lipinski definition) is 0. The molecular weight excluding hydrogens is 170 g/mol. The molecule has 0 N–H and O–H groups in total. The molecular formula is C13H9N. The molecule has 0 unspecified atom stereocenters. The van der Waals surface area contributed by atoms with Gasteiger partial charge < -0.3 is 0 Å².